The Balaban J connectivity index is 3.82. The van der Waals surface area contributed by atoms with Crippen LogP contribution in [0.25, 0.3) is 0 Å². The van der Waals surface area contributed by atoms with Gasteiger partial charge in [-0.2, -0.15) is 0 Å². The van der Waals surface area contributed by atoms with Crippen LogP contribution in [0.2, 0.25) is 0 Å². The summed E-state index contributed by atoms with van der Waals surface area (Å²) in [4.78, 5) is 13.3. The van der Waals surface area contributed by atoms with E-state index in [2.05, 4.69) is 15.5 Å². The summed E-state index contributed by atoms with van der Waals surface area (Å²) in [6, 6.07) is 0. The largest absolute Gasteiger partial charge is 0.465 e. The number of nitrogens with zero attached hydrogens (tertiary/aromatic N) is 1. The number of carbonyl (C=O) groups excluding carboxylic acids is 1. The van der Waals surface area contributed by atoms with Crippen LogP contribution in [0.5, 0.6) is 0 Å². The first-order valence-electron chi connectivity index (χ1n) is 5.41. The van der Waals surface area contributed by atoms with E-state index in [1.807, 2.05) is 21.0 Å². The van der Waals surface area contributed by atoms with Gasteiger partial charge in [0.05, 0.1) is 13.2 Å². The van der Waals surface area contributed by atoms with Gasteiger partial charge in [-0.1, -0.05) is 0 Å². The molecule has 0 aromatic rings. The normalized spacial score (nSPS) is 10.7. The van der Waals surface area contributed by atoms with Crippen molar-refractivity contribution in [1.82, 2.24) is 15.5 Å². The smallest absolute Gasteiger partial charge is 0.320 e. The average molecular weight is 217 g/mol. The fourth-order valence-corrected chi connectivity index (χ4v) is 1.20. The van der Waals surface area contributed by atoms with E-state index in [1.54, 1.807) is 0 Å². The predicted molar refractivity (Wildman–Crippen MR) is 60.9 cm³/mol. The fraction of sp³-hybridized carbons (Fsp3) is 0.900. The Hall–Kier alpha value is -0.650. The minimum Gasteiger partial charge on any atom is -0.465 e. The van der Waals surface area contributed by atoms with Crippen LogP contribution in [0, 0.1) is 0 Å². The topological polar surface area (TPSA) is 53.6 Å². The van der Waals surface area contributed by atoms with Gasteiger partial charge in [0.25, 0.3) is 0 Å². The van der Waals surface area contributed by atoms with Crippen LogP contribution < -0.4 is 10.6 Å². The standard InChI is InChI=1S/C10H23N3O2/c1-4-15-10(14)9-13(7-5-11-2)8-6-12-3/h11-12H,4-9H2,1-3H3. The molecule has 0 rings (SSSR count). The monoisotopic (exact) mass is 217 g/mol. The number of hydrogen-bond donors (Lipinski definition) is 2. The molecular weight excluding hydrogens is 194 g/mol. The molecule has 0 saturated carbocycles. The van der Waals surface area contributed by atoms with Gasteiger partial charge in [0.15, 0.2) is 0 Å². The first-order valence-corrected chi connectivity index (χ1v) is 5.41. The van der Waals surface area contributed by atoms with Gasteiger partial charge in [-0.15, -0.1) is 0 Å². The third-order valence-corrected chi connectivity index (χ3v) is 2.01. The number of likely N-dealkylation sites (N-methyl/N-ethyl adjacent to an activating group) is 2. The molecule has 0 saturated heterocycles. The minimum absolute atomic E-state index is 0.148. The van der Waals surface area contributed by atoms with Crippen molar-refractivity contribution in [3.63, 3.8) is 0 Å². The van der Waals surface area contributed by atoms with E-state index in [-0.39, 0.29) is 5.97 Å². The average Bonchev–Trinajstić information content (AvgIpc) is 2.22. The lowest BCUT2D eigenvalue weighted by atomic mass is 10.4. The molecule has 5 heteroatoms. The van der Waals surface area contributed by atoms with E-state index in [0.717, 1.165) is 26.2 Å². The second-order valence-electron chi connectivity index (χ2n) is 3.29. The van der Waals surface area contributed by atoms with Crippen LogP contribution in [0.15, 0.2) is 0 Å². The van der Waals surface area contributed by atoms with Crippen LogP contribution in [0.3, 0.4) is 0 Å². The summed E-state index contributed by atoms with van der Waals surface area (Å²) < 4.78 is 4.91. The maximum atomic E-state index is 11.3. The lowest BCUT2D eigenvalue weighted by molar-refractivity contribution is -0.144. The molecule has 0 aromatic heterocycles. The molecule has 0 amide bonds. The zero-order valence-electron chi connectivity index (χ0n) is 10.0. The summed E-state index contributed by atoms with van der Waals surface area (Å²) in [5.74, 6) is -0.148. The molecule has 0 bridgehead atoms. The SMILES string of the molecule is CCOC(=O)CN(CCNC)CCNC. The van der Waals surface area contributed by atoms with Crippen molar-refractivity contribution in [2.45, 2.75) is 6.92 Å². The highest BCUT2D eigenvalue weighted by Crippen LogP contribution is 1.89. The summed E-state index contributed by atoms with van der Waals surface area (Å²) in [7, 11) is 3.81. The summed E-state index contributed by atoms with van der Waals surface area (Å²) in [6.45, 7) is 6.12. The Bertz CT molecular complexity index is 157. The van der Waals surface area contributed by atoms with Crippen molar-refractivity contribution >= 4 is 5.97 Å². The molecule has 0 aliphatic carbocycles. The molecule has 0 aromatic carbocycles. The molecule has 0 aliphatic rings. The number of rotatable bonds is 9. The lowest BCUT2D eigenvalue weighted by Gasteiger charge is -2.20. The summed E-state index contributed by atoms with van der Waals surface area (Å²) in [5, 5.41) is 6.13. The Morgan fingerprint density at radius 1 is 1.20 bits per heavy atom. The summed E-state index contributed by atoms with van der Waals surface area (Å²) in [5.41, 5.74) is 0. The van der Waals surface area contributed by atoms with Crippen LogP contribution in [0.1, 0.15) is 6.92 Å². The van der Waals surface area contributed by atoms with Crippen LogP contribution in [-0.4, -0.2) is 64.3 Å². The van der Waals surface area contributed by atoms with Crippen molar-refractivity contribution < 1.29 is 9.53 Å². The zero-order valence-corrected chi connectivity index (χ0v) is 10.0. The predicted octanol–water partition coefficient (Wildman–Crippen LogP) is -0.710. The molecule has 0 atom stereocenters. The van der Waals surface area contributed by atoms with Crippen molar-refractivity contribution in [1.29, 1.82) is 0 Å². The molecule has 0 heterocycles. The van der Waals surface area contributed by atoms with Gasteiger partial charge in [0.2, 0.25) is 0 Å². The highest BCUT2D eigenvalue weighted by atomic mass is 16.5. The van der Waals surface area contributed by atoms with Crippen molar-refractivity contribution in [2.75, 3.05) is 53.4 Å². The third-order valence-electron chi connectivity index (χ3n) is 2.01. The van der Waals surface area contributed by atoms with Gasteiger partial charge in [-0.05, 0) is 21.0 Å². The molecule has 0 unspecified atom stereocenters. The van der Waals surface area contributed by atoms with Crippen LogP contribution in [-0.2, 0) is 9.53 Å². The van der Waals surface area contributed by atoms with E-state index in [1.165, 1.54) is 0 Å². The Morgan fingerprint density at radius 2 is 1.73 bits per heavy atom. The number of carbonyl (C=O) groups is 1. The molecular formula is C10H23N3O2. The van der Waals surface area contributed by atoms with Crippen LogP contribution in [0.4, 0.5) is 0 Å². The fourth-order valence-electron chi connectivity index (χ4n) is 1.20. The highest BCUT2D eigenvalue weighted by molar-refractivity contribution is 5.71. The second kappa shape index (κ2) is 9.89. The van der Waals surface area contributed by atoms with Crippen molar-refractivity contribution in [2.24, 2.45) is 0 Å². The Morgan fingerprint density at radius 3 is 2.13 bits per heavy atom. The second-order valence-corrected chi connectivity index (χ2v) is 3.29. The van der Waals surface area contributed by atoms with Gasteiger partial charge >= 0.3 is 5.97 Å². The summed E-state index contributed by atoms with van der Waals surface area (Å²) >= 11 is 0. The maximum absolute atomic E-state index is 11.3. The first-order chi connectivity index (χ1) is 7.24. The van der Waals surface area contributed by atoms with Gasteiger partial charge in [-0.25, -0.2) is 0 Å². The van der Waals surface area contributed by atoms with E-state index in [0.29, 0.717) is 13.2 Å². The molecule has 2 N–H and O–H groups in total. The van der Waals surface area contributed by atoms with Gasteiger partial charge in [0, 0.05) is 26.2 Å². The molecule has 5 nitrogen and oxygen atoms in total. The number of ether oxygens (including phenoxy) is 1. The molecule has 0 fully saturated rings. The highest BCUT2D eigenvalue weighted by Gasteiger charge is 2.09. The molecule has 0 spiro atoms. The van der Waals surface area contributed by atoms with E-state index in [4.69, 9.17) is 4.74 Å². The number of hydrogen-bond acceptors (Lipinski definition) is 5. The lowest BCUT2D eigenvalue weighted by Crippen LogP contribution is -2.39. The quantitative estimate of drug-likeness (QED) is 0.500. The number of nitrogens with one attached hydrogen (secondary N) is 2. The van der Waals surface area contributed by atoms with E-state index in [9.17, 15) is 4.79 Å². The van der Waals surface area contributed by atoms with Crippen molar-refractivity contribution in [3.8, 4) is 0 Å². The summed E-state index contributed by atoms with van der Waals surface area (Å²) in [6.07, 6.45) is 0. The van der Waals surface area contributed by atoms with E-state index >= 15 is 0 Å². The Labute approximate surface area is 92.2 Å². The van der Waals surface area contributed by atoms with Gasteiger partial charge in [-0.3, -0.25) is 9.69 Å². The third kappa shape index (κ3) is 8.35. The van der Waals surface area contributed by atoms with Crippen LogP contribution >= 0.6 is 0 Å². The molecule has 90 valence electrons. The first kappa shape index (κ1) is 14.3. The molecule has 0 radical (unpaired) electrons. The zero-order chi connectivity index (χ0) is 11.5. The Kier molecular flexibility index (Phi) is 9.46. The van der Waals surface area contributed by atoms with Gasteiger partial charge in [0.1, 0.15) is 0 Å². The van der Waals surface area contributed by atoms with Gasteiger partial charge < -0.3 is 15.4 Å². The maximum Gasteiger partial charge on any atom is 0.320 e. The van der Waals surface area contributed by atoms with E-state index < -0.39 is 0 Å². The molecule has 15 heavy (non-hydrogen) atoms. The number of esters is 1. The minimum atomic E-state index is -0.148. The molecule has 0 aliphatic heterocycles. The van der Waals surface area contributed by atoms with Crippen molar-refractivity contribution in [3.05, 3.63) is 0 Å².